The molecule has 1 atom stereocenters. The van der Waals surface area contributed by atoms with Crippen LogP contribution in [0.2, 0.25) is 5.02 Å². The Hall–Kier alpha value is -2.91. The number of nitro benzene ring substituents is 1. The van der Waals surface area contributed by atoms with Gasteiger partial charge in [0, 0.05) is 29.3 Å². The number of thioether (sulfide) groups is 1. The number of hydrogen-bond acceptors (Lipinski definition) is 6. The fraction of sp³-hybridized carbons (Fsp3) is 0.118. The number of amides is 2. The van der Waals surface area contributed by atoms with E-state index < -0.39 is 16.1 Å². The quantitative estimate of drug-likeness (QED) is 0.584. The highest BCUT2D eigenvalue weighted by molar-refractivity contribution is 8.15. The summed E-state index contributed by atoms with van der Waals surface area (Å²) in [5.74, 6) is -0.738. The maximum absolute atomic E-state index is 12.2. The molecule has 2 N–H and O–H groups in total. The summed E-state index contributed by atoms with van der Waals surface area (Å²) >= 11 is 6.97. The molecule has 8 nitrogen and oxygen atoms in total. The number of benzene rings is 2. The van der Waals surface area contributed by atoms with Crippen LogP contribution in [0.15, 0.2) is 53.5 Å². The summed E-state index contributed by atoms with van der Waals surface area (Å²) in [6, 6.07) is 12.4. The predicted octanol–water partition coefficient (Wildman–Crippen LogP) is 3.50. The van der Waals surface area contributed by atoms with E-state index in [1.807, 2.05) is 0 Å². The summed E-state index contributed by atoms with van der Waals surface area (Å²) in [5, 5.41) is 16.3. The van der Waals surface area contributed by atoms with Gasteiger partial charge in [-0.05, 0) is 30.3 Å². The molecule has 0 spiro atoms. The lowest BCUT2D eigenvalue weighted by atomic mass is 10.2. The van der Waals surface area contributed by atoms with Crippen LogP contribution in [0.4, 0.5) is 17.1 Å². The third kappa shape index (κ3) is 5.05. The molecule has 0 bridgehead atoms. The molecule has 1 heterocycles. The molecule has 3 rings (SSSR count). The van der Waals surface area contributed by atoms with E-state index in [0.717, 1.165) is 11.8 Å². The third-order valence-electron chi connectivity index (χ3n) is 3.55. The number of anilines is 1. The molecule has 1 aliphatic heterocycles. The second-order valence-electron chi connectivity index (χ2n) is 5.55. The summed E-state index contributed by atoms with van der Waals surface area (Å²) in [4.78, 5) is 38.8. The van der Waals surface area contributed by atoms with E-state index in [1.54, 1.807) is 30.3 Å². The van der Waals surface area contributed by atoms with Gasteiger partial charge in [0.15, 0.2) is 5.17 Å². The van der Waals surface area contributed by atoms with Gasteiger partial charge in [-0.3, -0.25) is 19.7 Å². The van der Waals surface area contributed by atoms with Crippen molar-refractivity contribution in [2.75, 3.05) is 5.32 Å². The van der Waals surface area contributed by atoms with Gasteiger partial charge in [-0.2, -0.15) is 0 Å². The second-order valence-corrected chi connectivity index (χ2v) is 7.18. The molecule has 0 aliphatic carbocycles. The van der Waals surface area contributed by atoms with Crippen LogP contribution in [-0.4, -0.2) is 27.2 Å². The standard InChI is InChI=1S/C17H13ClN4O4S/c18-10-4-6-11(7-5-10)20-17-21-16(24)14(27-17)9-15(23)19-12-2-1-3-13(8-12)22(25)26/h1-8,14H,9H2,(H,19,23)(H,20,21,24)/t14-/m0/s1. The molecular formula is C17H13ClN4O4S. The summed E-state index contributed by atoms with van der Waals surface area (Å²) in [5.41, 5.74) is 0.801. The highest BCUT2D eigenvalue weighted by atomic mass is 35.5. The second kappa shape index (κ2) is 8.19. The van der Waals surface area contributed by atoms with E-state index in [4.69, 9.17) is 11.6 Å². The highest BCUT2D eigenvalue weighted by Gasteiger charge is 2.32. The van der Waals surface area contributed by atoms with Gasteiger partial charge in [-0.1, -0.05) is 29.4 Å². The minimum absolute atomic E-state index is 0.0845. The fourth-order valence-corrected chi connectivity index (χ4v) is 3.42. The Balaban J connectivity index is 1.61. The van der Waals surface area contributed by atoms with Crippen LogP contribution in [-0.2, 0) is 9.59 Å². The van der Waals surface area contributed by atoms with Crippen LogP contribution in [0.1, 0.15) is 6.42 Å². The van der Waals surface area contributed by atoms with Crippen LogP contribution in [0, 0.1) is 10.1 Å². The lowest BCUT2D eigenvalue weighted by Gasteiger charge is -2.07. The number of rotatable bonds is 5. The number of nitrogens with zero attached hydrogens (tertiary/aromatic N) is 2. The topological polar surface area (TPSA) is 114 Å². The lowest BCUT2D eigenvalue weighted by Crippen LogP contribution is -2.28. The molecule has 0 aromatic heterocycles. The van der Waals surface area contributed by atoms with E-state index in [1.165, 1.54) is 18.2 Å². The van der Waals surface area contributed by atoms with Gasteiger partial charge >= 0.3 is 0 Å². The smallest absolute Gasteiger partial charge is 0.271 e. The minimum atomic E-state index is -0.630. The van der Waals surface area contributed by atoms with Crippen LogP contribution < -0.4 is 10.6 Å². The Morgan fingerprint density at radius 2 is 2.04 bits per heavy atom. The lowest BCUT2D eigenvalue weighted by molar-refractivity contribution is -0.384. The average molecular weight is 405 g/mol. The Bertz CT molecular complexity index is 933. The molecule has 1 aliphatic rings. The van der Waals surface area contributed by atoms with Crippen molar-refractivity contribution >= 4 is 57.4 Å². The molecule has 10 heteroatoms. The van der Waals surface area contributed by atoms with E-state index in [0.29, 0.717) is 21.6 Å². The minimum Gasteiger partial charge on any atom is -0.326 e. The number of carbonyl (C=O) groups is 2. The molecule has 2 amide bonds. The van der Waals surface area contributed by atoms with Gasteiger partial charge < -0.3 is 10.6 Å². The van der Waals surface area contributed by atoms with Crippen molar-refractivity contribution in [2.24, 2.45) is 4.99 Å². The molecule has 27 heavy (non-hydrogen) atoms. The SMILES string of the molecule is O=C(C[C@@H]1SC(=Nc2ccc(Cl)cc2)NC1=O)Nc1cccc([N+](=O)[O-])c1. The molecular weight excluding hydrogens is 392 g/mol. The van der Waals surface area contributed by atoms with Crippen molar-refractivity contribution in [3.8, 4) is 0 Å². The van der Waals surface area contributed by atoms with E-state index >= 15 is 0 Å². The molecule has 2 aromatic carbocycles. The Morgan fingerprint density at radius 1 is 1.30 bits per heavy atom. The van der Waals surface area contributed by atoms with E-state index in [-0.39, 0.29) is 18.0 Å². The van der Waals surface area contributed by atoms with Gasteiger partial charge in [-0.25, -0.2) is 4.99 Å². The van der Waals surface area contributed by atoms with E-state index in [2.05, 4.69) is 15.6 Å². The van der Waals surface area contributed by atoms with Gasteiger partial charge in [0.05, 0.1) is 10.6 Å². The van der Waals surface area contributed by atoms with Crippen molar-refractivity contribution in [3.05, 3.63) is 63.7 Å². The van der Waals surface area contributed by atoms with Crippen LogP contribution in [0.5, 0.6) is 0 Å². The Morgan fingerprint density at radius 3 is 2.74 bits per heavy atom. The zero-order valence-corrected chi connectivity index (χ0v) is 15.3. The largest absolute Gasteiger partial charge is 0.326 e. The van der Waals surface area contributed by atoms with Crippen LogP contribution in [0.3, 0.4) is 0 Å². The van der Waals surface area contributed by atoms with Gasteiger partial charge in [0.25, 0.3) is 5.69 Å². The number of carbonyl (C=O) groups excluding carboxylic acids is 2. The maximum atomic E-state index is 12.2. The third-order valence-corrected chi connectivity index (χ3v) is 4.88. The average Bonchev–Trinajstić information content (AvgIpc) is 2.96. The number of amidine groups is 1. The number of nitro groups is 1. The fourth-order valence-electron chi connectivity index (χ4n) is 2.30. The zero-order chi connectivity index (χ0) is 19.4. The highest BCUT2D eigenvalue weighted by Crippen LogP contribution is 2.26. The number of aliphatic imine (C=N–C) groups is 1. The van der Waals surface area contributed by atoms with Gasteiger partial charge in [0.2, 0.25) is 11.8 Å². The summed E-state index contributed by atoms with van der Waals surface area (Å²) < 4.78 is 0. The van der Waals surface area contributed by atoms with Crippen LogP contribution in [0.25, 0.3) is 0 Å². The molecule has 1 saturated heterocycles. The van der Waals surface area contributed by atoms with Crippen molar-refractivity contribution in [3.63, 3.8) is 0 Å². The normalized spacial score (nSPS) is 17.6. The molecule has 0 unspecified atom stereocenters. The monoisotopic (exact) mass is 404 g/mol. The Labute approximate surface area is 163 Å². The summed E-state index contributed by atoms with van der Waals surface area (Å²) in [7, 11) is 0. The van der Waals surface area contributed by atoms with E-state index in [9.17, 15) is 19.7 Å². The number of nitrogens with one attached hydrogen (secondary N) is 2. The first-order valence-corrected chi connectivity index (χ1v) is 9.02. The number of non-ortho nitro benzene ring substituents is 1. The first-order chi connectivity index (χ1) is 12.9. The number of halogens is 1. The van der Waals surface area contributed by atoms with Gasteiger partial charge in [0.1, 0.15) is 5.25 Å². The first-order valence-electron chi connectivity index (χ1n) is 7.77. The molecule has 0 saturated carbocycles. The molecule has 2 aromatic rings. The van der Waals surface area contributed by atoms with Crippen molar-refractivity contribution in [2.45, 2.75) is 11.7 Å². The van der Waals surface area contributed by atoms with Crippen LogP contribution >= 0.6 is 23.4 Å². The van der Waals surface area contributed by atoms with Crippen molar-refractivity contribution in [1.82, 2.24) is 5.32 Å². The van der Waals surface area contributed by atoms with Crippen molar-refractivity contribution in [1.29, 1.82) is 0 Å². The molecule has 1 fully saturated rings. The maximum Gasteiger partial charge on any atom is 0.271 e. The predicted molar refractivity (Wildman–Crippen MR) is 104 cm³/mol. The summed E-state index contributed by atoms with van der Waals surface area (Å²) in [6.45, 7) is 0. The molecule has 138 valence electrons. The Kier molecular flexibility index (Phi) is 5.72. The van der Waals surface area contributed by atoms with Crippen molar-refractivity contribution < 1.29 is 14.5 Å². The first kappa shape index (κ1) is 18.9. The zero-order valence-electron chi connectivity index (χ0n) is 13.7. The number of hydrogen-bond donors (Lipinski definition) is 2. The summed E-state index contributed by atoms with van der Waals surface area (Å²) in [6.07, 6.45) is -0.0845. The van der Waals surface area contributed by atoms with Gasteiger partial charge in [-0.15, -0.1) is 0 Å². The molecule has 0 radical (unpaired) electrons.